The highest BCUT2D eigenvalue weighted by Gasteiger charge is 2.21. The Labute approximate surface area is 125 Å². The van der Waals surface area contributed by atoms with E-state index in [1.165, 1.54) is 31.4 Å². The van der Waals surface area contributed by atoms with Crippen LogP contribution in [0.25, 0.3) is 0 Å². The maximum Gasteiger partial charge on any atom is 0.237 e. The van der Waals surface area contributed by atoms with E-state index in [4.69, 9.17) is 0 Å². The first-order valence-electron chi connectivity index (χ1n) is 7.60. The van der Waals surface area contributed by atoms with E-state index in [1.807, 2.05) is 12.1 Å². The van der Waals surface area contributed by atoms with Crippen molar-refractivity contribution in [1.82, 2.24) is 0 Å². The molecule has 1 aromatic carbocycles. The maximum absolute atomic E-state index is 12.2. The van der Waals surface area contributed by atoms with Crippen molar-refractivity contribution in [2.24, 2.45) is 0 Å². The highest BCUT2D eigenvalue weighted by molar-refractivity contribution is 8.00. The average molecular weight is 290 g/mol. The zero-order valence-corrected chi connectivity index (χ0v) is 12.6. The van der Waals surface area contributed by atoms with Gasteiger partial charge in [0.05, 0.1) is 5.25 Å². The highest BCUT2D eigenvalue weighted by Crippen LogP contribution is 2.27. The van der Waals surface area contributed by atoms with Crippen molar-refractivity contribution < 1.29 is 4.79 Å². The third-order valence-corrected chi connectivity index (χ3v) is 5.45. The topological polar surface area (TPSA) is 32.3 Å². The van der Waals surface area contributed by atoms with Crippen molar-refractivity contribution in [2.45, 2.75) is 37.4 Å². The molecule has 3 nitrogen and oxygen atoms in total. The van der Waals surface area contributed by atoms with Gasteiger partial charge in [0.2, 0.25) is 5.91 Å². The van der Waals surface area contributed by atoms with Gasteiger partial charge < -0.3 is 10.2 Å². The van der Waals surface area contributed by atoms with E-state index in [9.17, 15) is 4.79 Å². The summed E-state index contributed by atoms with van der Waals surface area (Å²) < 4.78 is 0. The SMILES string of the molecule is O=C(Nc1ccc(N2CCCC2)cc1)C1CCCCS1. The van der Waals surface area contributed by atoms with E-state index >= 15 is 0 Å². The van der Waals surface area contributed by atoms with E-state index in [0.29, 0.717) is 0 Å². The molecule has 1 N–H and O–H groups in total. The predicted molar refractivity (Wildman–Crippen MR) is 86.6 cm³/mol. The number of benzene rings is 1. The van der Waals surface area contributed by atoms with Gasteiger partial charge in [0.1, 0.15) is 0 Å². The number of thioether (sulfide) groups is 1. The summed E-state index contributed by atoms with van der Waals surface area (Å²) >= 11 is 1.79. The Morgan fingerprint density at radius 2 is 1.85 bits per heavy atom. The van der Waals surface area contributed by atoms with Crippen molar-refractivity contribution in [3.05, 3.63) is 24.3 Å². The van der Waals surface area contributed by atoms with Crippen LogP contribution in [0.3, 0.4) is 0 Å². The molecule has 2 aliphatic heterocycles. The van der Waals surface area contributed by atoms with Crippen molar-refractivity contribution in [2.75, 3.05) is 29.1 Å². The lowest BCUT2D eigenvalue weighted by atomic mass is 10.1. The molecule has 0 aromatic heterocycles. The third kappa shape index (κ3) is 3.29. The lowest BCUT2D eigenvalue weighted by Gasteiger charge is -2.21. The van der Waals surface area contributed by atoms with E-state index in [1.54, 1.807) is 11.8 Å². The van der Waals surface area contributed by atoms with Crippen LogP contribution in [-0.2, 0) is 4.79 Å². The summed E-state index contributed by atoms with van der Waals surface area (Å²) in [4.78, 5) is 14.6. The lowest BCUT2D eigenvalue weighted by Crippen LogP contribution is -2.27. The molecule has 2 saturated heterocycles. The molecule has 0 radical (unpaired) electrons. The molecule has 0 bridgehead atoms. The lowest BCUT2D eigenvalue weighted by molar-refractivity contribution is -0.115. The fraction of sp³-hybridized carbons (Fsp3) is 0.562. The molecule has 2 aliphatic rings. The number of hydrogen-bond donors (Lipinski definition) is 1. The van der Waals surface area contributed by atoms with Crippen LogP contribution < -0.4 is 10.2 Å². The van der Waals surface area contributed by atoms with Crippen molar-refractivity contribution in [1.29, 1.82) is 0 Å². The molecule has 0 aliphatic carbocycles. The Morgan fingerprint density at radius 3 is 2.50 bits per heavy atom. The molecule has 3 rings (SSSR count). The van der Waals surface area contributed by atoms with Gasteiger partial charge in [0, 0.05) is 24.5 Å². The van der Waals surface area contributed by atoms with Gasteiger partial charge in [-0.25, -0.2) is 0 Å². The van der Waals surface area contributed by atoms with Gasteiger partial charge in [0.15, 0.2) is 0 Å². The molecule has 4 heteroatoms. The number of amides is 1. The Kier molecular flexibility index (Phi) is 4.51. The maximum atomic E-state index is 12.2. The third-order valence-electron chi connectivity index (χ3n) is 4.08. The minimum absolute atomic E-state index is 0.141. The molecule has 2 heterocycles. The quantitative estimate of drug-likeness (QED) is 0.924. The zero-order valence-electron chi connectivity index (χ0n) is 11.8. The van der Waals surface area contributed by atoms with Crippen LogP contribution in [-0.4, -0.2) is 30.0 Å². The standard InChI is InChI=1S/C16H22N2OS/c19-16(15-5-1-4-12-20-15)17-13-6-8-14(9-7-13)18-10-2-3-11-18/h6-9,15H,1-5,10-12H2,(H,17,19). The summed E-state index contributed by atoms with van der Waals surface area (Å²) in [5, 5.41) is 3.19. The number of nitrogens with zero attached hydrogens (tertiary/aromatic N) is 1. The molecule has 2 fully saturated rings. The summed E-state index contributed by atoms with van der Waals surface area (Å²) in [5.74, 6) is 1.29. The summed E-state index contributed by atoms with van der Waals surface area (Å²) in [6.45, 7) is 2.31. The van der Waals surface area contributed by atoms with Gasteiger partial charge in [-0.3, -0.25) is 4.79 Å². The number of rotatable bonds is 3. The molecule has 0 spiro atoms. The first kappa shape index (κ1) is 13.8. The number of carbonyl (C=O) groups excluding carboxylic acids is 1. The van der Waals surface area contributed by atoms with Crippen LogP contribution in [0.1, 0.15) is 32.1 Å². The molecule has 0 saturated carbocycles. The fourth-order valence-corrected chi connectivity index (χ4v) is 4.10. The first-order chi connectivity index (χ1) is 9.83. The first-order valence-corrected chi connectivity index (χ1v) is 8.65. The van der Waals surface area contributed by atoms with E-state index in [-0.39, 0.29) is 11.2 Å². The molecular formula is C16H22N2OS. The fourth-order valence-electron chi connectivity index (χ4n) is 2.90. The van der Waals surface area contributed by atoms with Gasteiger partial charge in [-0.05, 0) is 55.7 Å². The molecule has 1 aromatic rings. The second-order valence-corrected chi connectivity index (χ2v) is 6.90. The van der Waals surface area contributed by atoms with Crippen LogP contribution in [0, 0.1) is 0 Å². The molecule has 20 heavy (non-hydrogen) atoms. The summed E-state index contributed by atoms with van der Waals surface area (Å²) in [7, 11) is 0. The van der Waals surface area contributed by atoms with Gasteiger partial charge in [0.25, 0.3) is 0 Å². The minimum Gasteiger partial charge on any atom is -0.372 e. The van der Waals surface area contributed by atoms with Crippen LogP contribution in [0.5, 0.6) is 0 Å². The van der Waals surface area contributed by atoms with Crippen molar-refractivity contribution in [3.8, 4) is 0 Å². The largest absolute Gasteiger partial charge is 0.372 e. The second kappa shape index (κ2) is 6.53. The average Bonchev–Trinajstić information content (AvgIpc) is 3.03. The van der Waals surface area contributed by atoms with E-state index < -0.39 is 0 Å². The Balaban J connectivity index is 1.58. The minimum atomic E-state index is 0.141. The van der Waals surface area contributed by atoms with Crippen LogP contribution in [0.2, 0.25) is 0 Å². The molecular weight excluding hydrogens is 268 g/mol. The van der Waals surface area contributed by atoms with E-state index in [0.717, 1.165) is 31.0 Å². The normalized spacial score (nSPS) is 22.8. The van der Waals surface area contributed by atoms with Gasteiger partial charge >= 0.3 is 0 Å². The van der Waals surface area contributed by atoms with Crippen LogP contribution >= 0.6 is 11.8 Å². The monoisotopic (exact) mass is 290 g/mol. The Hall–Kier alpha value is -1.16. The molecule has 108 valence electrons. The number of nitrogens with one attached hydrogen (secondary N) is 1. The number of hydrogen-bond acceptors (Lipinski definition) is 3. The second-order valence-electron chi connectivity index (χ2n) is 5.59. The highest BCUT2D eigenvalue weighted by atomic mass is 32.2. The Bertz CT molecular complexity index is 448. The van der Waals surface area contributed by atoms with Crippen molar-refractivity contribution >= 4 is 29.0 Å². The zero-order chi connectivity index (χ0) is 13.8. The van der Waals surface area contributed by atoms with E-state index in [2.05, 4.69) is 22.3 Å². The Morgan fingerprint density at radius 1 is 1.10 bits per heavy atom. The van der Waals surface area contributed by atoms with Crippen LogP contribution in [0.4, 0.5) is 11.4 Å². The smallest absolute Gasteiger partial charge is 0.237 e. The van der Waals surface area contributed by atoms with Crippen molar-refractivity contribution in [3.63, 3.8) is 0 Å². The van der Waals surface area contributed by atoms with Gasteiger partial charge in [-0.2, -0.15) is 0 Å². The molecule has 1 amide bonds. The number of carbonyl (C=O) groups is 1. The predicted octanol–water partition coefficient (Wildman–Crippen LogP) is 3.51. The summed E-state index contributed by atoms with van der Waals surface area (Å²) in [6, 6.07) is 8.29. The molecule has 1 atom stereocenters. The summed E-state index contributed by atoms with van der Waals surface area (Å²) in [6.07, 6.45) is 6.02. The number of anilines is 2. The van der Waals surface area contributed by atoms with Crippen LogP contribution in [0.15, 0.2) is 24.3 Å². The summed E-state index contributed by atoms with van der Waals surface area (Å²) in [5.41, 5.74) is 2.19. The van der Waals surface area contributed by atoms with Gasteiger partial charge in [-0.1, -0.05) is 6.42 Å². The molecule has 1 unspecified atom stereocenters. The van der Waals surface area contributed by atoms with Gasteiger partial charge in [-0.15, -0.1) is 11.8 Å².